The Kier molecular flexibility index (Phi) is 7.92. The molecule has 0 aromatic heterocycles. The molecule has 2 aromatic rings. The van der Waals surface area contributed by atoms with Crippen molar-refractivity contribution in [2.45, 2.75) is 13.1 Å². The molecule has 0 radical (unpaired) electrons. The van der Waals surface area contributed by atoms with E-state index in [0.717, 1.165) is 36.5 Å². The minimum absolute atomic E-state index is 0. The molecule has 1 aliphatic rings. The maximum Gasteiger partial charge on any atom is 0.253 e. The summed E-state index contributed by atoms with van der Waals surface area (Å²) in [6.45, 7) is 4.31. The van der Waals surface area contributed by atoms with Gasteiger partial charge in [-0.1, -0.05) is 23.7 Å². The van der Waals surface area contributed by atoms with E-state index in [1.165, 1.54) is 0 Å². The highest BCUT2D eigenvalue weighted by atomic mass is 35.5. The van der Waals surface area contributed by atoms with Crippen LogP contribution in [-0.4, -0.2) is 49.0 Å². The average molecular weight is 410 g/mol. The number of ether oxygens (including phenoxy) is 1. The molecule has 27 heavy (non-hydrogen) atoms. The van der Waals surface area contributed by atoms with Gasteiger partial charge in [-0.3, -0.25) is 9.69 Å². The van der Waals surface area contributed by atoms with Crippen LogP contribution in [0.25, 0.3) is 0 Å². The number of benzene rings is 2. The van der Waals surface area contributed by atoms with E-state index in [1.807, 2.05) is 47.4 Å². The molecular weight excluding hydrogens is 385 g/mol. The Morgan fingerprint density at radius 2 is 1.78 bits per heavy atom. The fourth-order valence-corrected chi connectivity index (χ4v) is 3.38. The van der Waals surface area contributed by atoms with E-state index < -0.39 is 0 Å². The third-order valence-corrected chi connectivity index (χ3v) is 4.97. The number of hydrogen-bond acceptors (Lipinski definition) is 4. The zero-order chi connectivity index (χ0) is 18.5. The Labute approximate surface area is 171 Å². The second-order valence-corrected chi connectivity index (χ2v) is 6.86. The molecule has 1 amide bonds. The molecule has 146 valence electrons. The number of nitrogens with zero attached hydrogens (tertiary/aromatic N) is 2. The topological polar surface area (TPSA) is 58.8 Å². The van der Waals surface area contributed by atoms with E-state index in [4.69, 9.17) is 22.1 Å². The lowest BCUT2D eigenvalue weighted by atomic mass is 10.1. The predicted molar refractivity (Wildman–Crippen MR) is 111 cm³/mol. The summed E-state index contributed by atoms with van der Waals surface area (Å²) in [5.74, 6) is 0.918. The molecule has 0 aliphatic carbocycles. The summed E-state index contributed by atoms with van der Waals surface area (Å²) >= 11 is 6.11. The van der Waals surface area contributed by atoms with E-state index in [0.29, 0.717) is 30.2 Å². The first-order chi connectivity index (χ1) is 12.6. The predicted octanol–water partition coefficient (Wildman–Crippen LogP) is 3.19. The molecule has 0 atom stereocenters. The van der Waals surface area contributed by atoms with Gasteiger partial charge in [-0.25, -0.2) is 0 Å². The van der Waals surface area contributed by atoms with Crippen molar-refractivity contribution in [2.75, 3.05) is 33.3 Å². The number of nitrogens with two attached hydrogens (primary N) is 1. The molecule has 0 unspecified atom stereocenters. The van der Waals surface area contributed by atoms with Crippen molar-refractivity contribution in [3.63, 3.8) is 0 Å². The minimum atomic E-state index is 0. The lowest BCUT2D eigenvalue weighted by Gasteiger charge is -2.35. The zero-order valence-electron chi connectivity index (χ0n) is 15.4. The van der Waals surface area contributed by atoms with Crippen LogP contribution >= 0.6 is 24.0 Å². The highest BCUT2D eigenvalue weighted by Crippen LogP contribution is 2.24. The van der Waals surface area contributed by atoms with Crippen molar-refractivity contribution in [1.29, 1.82) is 0 Å². The maximum absolute atomic E-state index is 12.6. The van der Waals surface area contributed by atoms with Crippen molar-refractivity contribution < 1.29 is 9.53 Å². The molecule has 3 rings (SSSR count). The lowest BCUT2D eigenvalue weighted by Crippen LogP contribution is -2.48. The first kappa shape index (κ1) is 21.5. The largest absolute Gasteiger partial charge is 0.496 e. The summed E-state index contributed by atoms with van der Waals surface area (Å²) in [5.41, 5.74) is 8.42. The lowest BCUT2D eigenvalue weighted by molar-refractivity contribution is 0.0627. The first-order valence-corrected chi connectivity index (χ1v) is 9.11. The van der Waals surface area contributed by atoms with Gasteiger partial charge in [-0.2, -0.15) is 0 Å². The van der Waals surface area contributed by atoms with Gasteiger partial charge in [0, 0.05) is 55.4 Å². The van der Waals surface area contributed by atoms with Gasteiger partial charge in [0.05, 0.1) is 7.11 Å². The number of piperazine rings is 1. The van der Waals surface area contributed by atoms with E-state index in [2.05, 4.69) is 4.90 Å². The summed E-state index contributed by atoms with van der Waals surface area (Å²) < 4.78 is 5.42. The Bertz CT molecular complexity index is 760. The highest BCUT2D eigenvalue weighted by Gasteiger charge is 2.22. The number of halogens is 2. The fraction of sp³-hybridized carbons (Fsp3) is 0.350. The number of carbonyl (C=O) groups is 1. The van der Waals surface area contributed by atoms with E-state index >= 15 is 0 Å². The third-order valence-electron chi connectivity index (χ3n) is 4.73. The molecule has 1 aliphatic heterocycles. The minimum Gasteiger partial charge on any atom is -0.496 e. The van der Waals surface area contributed by atoms with Crippen LogP contribution < -0.4 is 10.5 Å². The first-order valence-electron chi connectivity index (χ1n) is 8.73. The third kappa shape index (κ3) is 5.36. The molecule has 7 heteroatoms. The molecule has 0 saturated carbocycles. The molecule has 1 fully saturated rings. The number of rotatable bonds is 5. The molecule has 5 nitrogen and oxygen atoms in total. The normalized spacial score (nSPS) is 14.6. The quantitative estimate of drug-likeness (QED) is 0.823. The maximum atomic E-state index is 12.6. The standard InChI is InChI=1S/C20H24ClN3O2.ClH/c1-26-19-7-6-18(21)12-17(19)14-23-8-10-24(11-9-23)20(25)16-4-2-15(13-22)3-5-16;/h2-7,12H,8-11,13-14,22H2,1H3;1H. The van der Waals surface area contributed by atoms with Crippen LogP contribution in [-0.2, 0) is 13.1 Å². The fourth-order valence-electron chi connectivity index (χ4n) is 3.19. The van der Waals surface area contributed by atoms with E-state index in [-0.39, 0.29) is 18.3 Å². The van der Waals surface area contributed by atoms with Crippen molar-refractivity contribution in [1.82, 2.24) is 9.80 Å². The number of amides is 1. The van der Waals surface area contributed by atoms with Gasteiger partial charge in [0.2, 0.25) is 0 Å². The molecule has 0 bridgehead atoms. The summed E-state index contributed by atoms with van der Waals surface area (Å²) in [5, 5.41) is 0.704. The molecule has 0 spiro atoms. The Balaban J connectivity index is 0.00000261. The monoisotopic (exact) mass is 409 g/mol. The molecule has 2 aromatic carbocycles. The van der Waals surface area contributed by atoms with Crippen LogP contribution in [0.3, 0.4) is 0 Å². The van der Waals surface area contributed by atoms with E-state index in [9.17, 15) is 4.79 Å². The number of methoxy groups -OCH3 is 1. The van der Waals surface area contributed by atoms with Crippen molar-refractivity contribution in [3.05, 3.63) is 64.2 Å². The van der Waals surface area contributed by atoms with Crippen molar-refractivity contribution >= 4 is 29.9 Å². The van der Waals surface area contributed by atoms with Gasteiger partial charge in [0.15, 0.2) is 0 Å². The van der Waals surface area contributed by atoms with Crippen LogP contribution in [0.2, 0.25) is 5.02 Å². The van der Waals surface area contributed by atoms with Crippen molar-refractivity contribution in [3.8, 4) is 5.75 Å². The molecule has 1 heterocycles. The smallest absolute Gasteiger partial charge is 0.253 e. The number of hydrogen-bond donors (Lipinski definition) is 1. The Hall–Kier alpha value is -1.79. The van der Waals surface area contributed by atoms with Gasteiger partial charge in [0.1, 0.15) is 5.75 Å². The Morgan fingerprint density at radius 3 is 2.37 bits per heavy atom. The summed E-state index contributed by atoms with van der Waals surface area (Å²) in [4.78, 5) is 16.9. The Morgan fingerprint density at radius 1 is 1.11 bits per heavy atom. The van der Waals surface area contributed by atoms with Gasteiger partial charge in [-0.05, 0) is 35.9 Å². The average Bonchev–Trinajstić information content (AvgIpc) is 2.68. The highest BCUT2D eigenvalue weighted by molar-refractivity contribution is 6.30. The van der Waals surface area contributed by atoms with Crippen LogP contribution in [0.4, 0.5) is 0 Å². The SMILES string of the molecule is COc1ccc(Cl)cc1CN1CCN(C(=O)c2ccc(CN)cc2)CC1.Cl. The summed E-state index contributed by atoms with van der Waals surface area (Å²) in [7, 11) is 1.67. The number of carbonyl (C=O) groups excluding carboxylic acids is 1. The second kappa shape index (κ2) is 9.95. The van der Waals surface area contributed by atoms with Gasteiger partial charge >= 0.3 is 0 Å². The molecular formula is C20H25Cl2N3O2. The second-order valence-electron chi connectivity index (χ2n) is 6.43. The summed E-state index contributed by atoms with van der Waals surface area (Å²) in [6, 6.07) is 13.2. The van der Waals surface area contributed by atoms with Gasteiger partial charge in [-0.15, -0.1) is 12.4 Å². The van der Waals surface area contributed by atoms with Gasteiger partial charge < -0.3 is 15.4 Å². The zero-order valence-corrected chi connectivity index (χ0v) is 16.9. The van der Waals surface area contributed by atoms with Crippen molar-refractivity contribution in [2.24, 2.45) is 5.73 Å². The molecule has 2 N–H and O–H groups in total. The van der Waals surface area contributed by atoms with Crippen LogP contribution in [0.15, 0.2) is 42.5 Å². The van der Waals surface area contributed by atoms with Crippen LogP contribution in [0.1, 0.15) is 21.5 Å². The molecule has 1 saturated heterocycles. The summed E-state index contributed by atoms with van der Waals surface area (Å²) in [6.07, 6.45) is 0. The van der Waals surface area contributed by atoms with Gasteiger partial charge in [0.25, 0.3) is 5.91 Å². The van der Waals surface area contributed by atoms with Crippen LogP contribution in [0, 0.1) is 0 Å². The van der Waals surface area contributed by atoms with E-state index in [1.54, 1.807) is 7.11 Å². The van der Waals surface area contributed by atoms with Crippen LogP contribution in [0.5, 0.6) is 5.75 Å².